The molecule has 0 unspecified atom stereocenters. The van der Waals surface area contributed by atoms with Crippen LogP contribution in [0.3, 0.4) is 0 Å². The average Bonchev–Trinajstić information content (AvgIpc) is 3.03. The quantitative estimate of drug-likeness (QED) is 0.690. The van der Waals surface area contributed by atoms with Crippen LogP contribution in [-0.2, 0) is 4.74 Å². The van der Waals surface area contributed by atoms with Crippen molar-refractivity contribution in [1.29, 1.82) is 0 Å². The van der Waals surface area contributed by atoms with Gasteiger partial charge >= 0.3 is 6.03 Å². The average molecular weight is 431 g/mol. The maximum Gasteiger partial charge on any atom is 0.320 e. The van der Waals surface area contributed by atoms with Gasteiger partial charge in [0.25, 0.3) is 0 Å². The maximum absolute atomic E-state index is 12.4. The summed E-state index contributed by atoms with van der Waals surface area (Å²) in [4.78, 5) is 23.3. The van der Waals surface area contributed by atoms with E-state index in [1.54, 1.807) is 6.20 Å². The molecule has 1 aromatic heterocycles. The van der Waals surface area contributed by atoms with Gasteiger partial charge in [0.1, 0.15) is 0 Å². The third kappa shape index (κ3) is 5.38. The van der Waals surface area contributed by atoms with Crippen molar-refractivity contribution in [2.75, 3.05) is 49.6 Å². The Morgan fingerprint density at radius 2 is 2.10 bits per heavy atom. The van der Waals surface area contributed by atoms with E-state index in [-0.39, 0.29) is 12.1 Å². The molecule has 2 amide bonds. The Kier molecular flexibility index (Phi) is 6.99. The first-order valence-electron chi connectivity index (χ1n) is 10.4. The summed E-state index contributed by atoms with van der Waals surface area (Å²) in [5.41, 5.74) is 2.49. The van der Waals surface area contributed by atoms with Crippen molar-refractivity contribution < 1.29 is 9.53 Å². The molecule has 2 aromatic rings. The normalized spacial score (nSPS) is 19.8. The summed E-state index contributed by atoms with van der Waals surface area (Å²) < 4.78 is 5.41. The lowest BCUT2D eigenvalue weighted by molar-refractivity contribution is 0.122. The lowest BCUT2D eigenvalue weighted by Crippen LogP contribution is -2.43. The number of aromatic nitrogens is 2. The smallest absolute Gasteiger partial charge is 0.320 e. The van der Waals surface area contributed by atoms with Gasteiger partial charge in [-0.25, -0.2) is 9.78 Å². The monoisotopic (exact) mass is 430 g/mol. The van der Waals surface area contributed by atoms with Gasteiger partial charge in [-0.1, -0.05) is 24.1 Å². The second-order valence-electron chi connectivity index (χ2n) is 7.55. The first-order valence-corrected chi connectivity index (χ1v) is 10.8. The number of ether oxygens (including phenoxy) is 1. The maximum atomic E-state index is 12.4. The Bertz CT molecular complexity index is 866. The molecule has 2 fully saturated rings. The predicted octanol–water partition coefficient (Wildman–Crippen LogP) is 2.90. The third-order valence-corrected chi connectivity index (χ3v) is 5.66. The number of carbonyl (C=O) groups excluding carboxylic acids is 1. The number of halogens is 1. The summed E-state index contributed by atoms with van der Waals surface area (Å²) in [5.74, 6) is 0.403. The number of anilines is 2. The molecule has 0 spiro atoms. The highest BCUT2D eigenvalue weighted by Crippen LogP contribution is 2.31. The number of rotatable bonds is 4. The molecule has 1 atom stereocenters. The fraction of sp³-hybridized carbons (Fsp3) is 0.476. The summed E-state index contributed by atoms with van der Waals surface area (Å²) in [6, 6.07) is 5.71. The topological polar surface area (TPSA) is 91.4 Å². The van der Waals surface area contributed by atoms with Crippen LogP contribution in [0.1, 0.15) is 19.3 Å². The van der Waals surface area contributed by atoms with Gasteiger partial charge in [0.2, 0.25) is 0 Å². The molecule has 3 heterocycles. The summed E-state index contributed by atoms with van der Waals surface area (Å²) >= 11 is 6.54. The summed E-state index contributed by atoms with van der Waals surface area (Å²) in [5, 5.41) is 9.79. The highest BCUT2D eigenvalue weighted by Gasteiger charge is 2.17. The van der Waals surface area contributed by atoms with E-state index in [0.29, 0.717) is 29.7 Å². The van der Waals surface area contributed by atoms with Crippen LogP contribution < -0.4 is 20.9 Å². The molecule has 2 aliphatic rings. The van der Waals surface area contributed by atoms with E-state index in [2.05, 4.69) is 30.8 Å². The second kappa shape index (κ2) is 10.1. The van der Waals surface area contributed by atoms with Crippen LogP contribution in [0, 0.1) is 0 Å². The van der Waals surface area contributed by atoms with Gasteiger partial charge in [-0.05, 0) is 31.5 Å². The molecule has 0 aliphatic carbocycles. The molecule has 160 valence electrons. The molecular weight excluding hydrogens is 404 g/mol. The highest BCUT2D eigenvalue weighted by molar-refractivity contribution is 6.33. The summed E-state index contributed by atoms with van der Waals surface area (Å²) in [6.45, 7) is 4.84. The van der Waals surface area contributed by atoms with Crippen molar-refractivity contribution in [2.24, 2.45) is 0 Å². The van der Waals surface area contributed by atoms with Gasteiger partial charge < -0.3 is 20.3 Å². The zero-order chi connectivity index (χ0) is 20.8. The SMILES string of the molecule is O=C(Nc1cncc(-c2ccc(N3CCOCC3)c(Cl)c2)n1)N[C@H]1CCCCNC1. The van der Waals surface area contributed by atoms with Gasteiger partial charge in [0.05, 0.1) is 42.0 Å². The number of amides is 2. The van der Waals surface area contributed by atoms with Crippen molar-refractivity contribution in [1.82, 2.24) is 20.6 Å². The van der Waals surface area contributed by atoms with E-state index in [1.807, 2.05) is 18.2 Å². The summed E-state index contributed by atoms with van der Waals surface area (Å²) in [7, 11) is 0. The van der Waals surface area contributed by atoms with Crippen LogP contribution >= 0.6 is 11.6 Å². The van der Waals surface area contributed by atoms with Crippen LogP contribution in [0.25, 0.3) is 11.3 Å². The Hall–Kier alpha value is -2.42. The van der Waals surface area contributed by atoms with E-state index in [9.17, 15) is 4.79 Å². The Morgan fingerprint density at radius 1 is 1.23 bits per heavy atom. The first-order chi connectivity index (χ1) is 14.7. The highest BCUT2D eigenvalue weighted by atomic mass is 35.5. The Balaban J connectivity index is 1.42. The molecule has 9 heteroatoms. The van der Waals surface area contributed by atoms with E-state index in [1.165, 1.54) is 6.20 Å². The standard InChI is InChI=1S/C21H27ClN6O2/c22-17-11-15(4-5-19(17)28-7-9-30-10-8-28)18-13-24-14-20(26-18)27-21(29)25-16-3-1-2-6-23-12-16/h4-5,11,13-14,16,23H,1-3,6-10,12H2,(H2,25,26,27,29)/t16-/m0/s1. The Morgan fingerprint density at radius 3 is 2.93 bits per heavy atom. The molecule has 1 aromatic carbocycles. The number of hydrogen-bond acceptors (Lipinski definition) is 6. The van der Waals surface area contributed by atoms with Gasteiger partial charge in [-0.3, -0.25) is 10.3 Å². The van der Waals surface area contributed by atoms with E-state index >= 15 is 0 Å². The Labute approximate surface area is 181 Å². The van der Waals surface area contributed by atoms with Crippen LogP contribution in [0.15, 0.2) is 30.6 Å². The fourth-order valence-electron chi connectivity index (χ4n) is 3.77. The number of morpholine rings is 1. The third-order valence-electron chi connectivity index (χ3n) is 5.35. The molecule has 0 saturated carbocycles. The van der Waals surface area contributed by atoms with Crippen molar-refractivity contribution >= 4 is 29.1 Å². The minimum absolute atomic E-state index is 0.121. The number of benzene rings is 1. The number of urea groups is 1. The van der Waals surface area contributed by atoms with Crippen molar-refractivity contribution in [3.8, 4) is 11.3 Å². The molecule has 0 radical (unpaired) electrons. The van der Waals surface area contributed by atoms with Gasteiger partial charge in [-0.2, -0.15) is 0 Å². The number of hydrogen-bond donors (Lipinski definition) is 3. The molecule has 3 N–H and O–H groups in total. The molecule has 2 aliphatic heterocycles. The molecule has 4 rings (SSSR count). The van der Waals surface area contributed by atoms with Crippen LogP contribution in [0.5, 0.6) is 0 Å². The second-order valence-corrected chi connectivity index (χ2v) is 7.96. The lowest BCUT2D eigenvalue weighted by Gasteiger charge is -2.29. The zero-order valence-corrected chi connectivity index (χ0v) is 17.6. The zero-order valence-electron chi connectivity index (χ0n) is 16.9. The van der Waals surface area contributed by atoms with Gasteiger partial charge in [-0.15, -0.1) is 0 Å². The molecule has 30 heavy (non-hydrogen) atoms. The largest absolute Gasteiger partial charge is 0.378 e. The number of carbonyl (C=O) groups is 1. The summed E-state index contributed by atoms with van der Waals surface area (Å²) in [6.07, 6.45) is 6.42. The van der Waals surface area contributed by atoms with Crippen molar-refractivity contribution in [2.45, 2.75) is 25.3 Å². The van der Waals surface area contributed by atoms with Gasteiger partial charge in [0, 0.05) is 31.2 Å². The van der Waals surface area contributed by atoms with E-state index in [0.717, 1.165) is 56.7 Å². The number of nitrogens with zero attached hydrogens (tertiary/aromatic N) is 3. The first kappa shape index (κ1) is 20.8. The molecule has 8 nitrogen and oxygen atoms in total. The van der Waals surface area contributed by atoms with Crippen LogP contribution in [-0.4, -0.2) is 61.4 Å². The van der Waals surface area contributed by atoms with Crippen molar-refractivity contribution in [3.63, 3.8) is 0 Å². The minimum Gasteiger partial charge on any atom is -0.378 e. The van der Waals surface area contributed by atoms with Crippen LogP contribution in [0.2, 0.25) is 5.02 Å². The van der Waals surface area contributed by atoms with E-state index < -0.39 is 0 Å². The lowest BCUT2D eigenvalue weighted by atomic mass is 10.1. The number of nitrogens with one attached hydrogen (secondary N) is 3. The minimum atomic E-state index is -0.268. The van der Waals surface area contributed by atoms with Crippen LogP contribution in [0.4, 0.5) is 16.3 Å². The molecule has 2 saturated heterocycles. The van der Waals surface area contributed by atoms with Crippen molar-refractivity contribution in [3.05, 3.63) is 35.6 Å². The predicted molar refractivity (Wildman–Crippen MR) is 118 cm³/mol. The molecule has 0 bridgehead atoms. The molecular formula is C21H27ClN6O2. The van der Waals surface area contributed by atoms with Gasteiger partial charge in [0.15, 0.2) is 5.82 Å². The fourth-order valence-corrected chi connectivity index (χ4v) is 4.07. The van der Waals surface area contributed by atoms with E-state index in [4.69, 9.17) is 16.3 Å².